The maximum absolute atomic E-state index is 13.2. The summed E-state index contributed by atoms with van der Waals surface area (Å²) in [6.45, 7) is -0.204. The number of nitro groups is 1. The molecule has 2 rings (SSSR count). The number of nitrogens with zero attached hydrogens (tertiary/aromatic N) is 2. The van der Waals surface area contributed by atoms with Crippen molar-refractivity contribution in [3.8, 4) is 11.8 Å². The first-order valence-corrected chi connectivity index (χ1v) is 6.56. The van der Waals surface area contributed by atoms with Crippen LogP contribution in [0.3, 0.4) is 0 Å². The summed E-state index contributed by atoms with van der Waals surface area (Å²) in [5, 5.41) is 19.9. The highest BCUT2D eigenvalue weighted by atomic mass is 79.9. The zero-order valence-electron chi connectivity index (χ0n) is 10.5. The summed E-state index contributed by atoms with van der Waals surface area (Å²) in [6.07, 6.45) is 0. The van der Waals surface area contributed by atoms with Crippen LogP contribution in [-0.2, 0) is 6.61 Å². The smallest absolute Gasteiger partial charge is 0.276 e. The normalized spacial score (nSPS) is 9.95. The van der Waals surface area contributed by atoms with E-state index in [4.69, 9.17) is 10.00 Å². The molecule has 2 aromatic carbocycles. The number of nitriles is 1. The minimum atomic E-state index is -0.606. The lowest BCUT2D eigenvalue weighted by atomic mass is 10.2. The van der Waals surface area contributed by atoms with Crippen LogP contribution in [0.5, 0.6) is 5.75 Å². The Bertz CT molecular complexity index is 743. The van der Waals surface area contributed by atoms with Gasteiger partial charge in [0.05, 0.1) is 16.1 Å². The lowest BCUT2D eigenvalue weighted by Gasteiger charge is -2.08. The van der Waals surface area contributed by atoms with Crippen molar-refractivity contribution in [2.45, 2.75) is 6.61 Å². The van der Waals surface area contributed by atoms with Crippen molar-refractivity contribution in [3.05, 3.63) is 67.9 Å². The first-order valence-electron chi connectivity index (χ1n) is 5.76. The lowest BCUT2D eigenvalue weighted by Crippen LogP contribution is -2.02. The van der Waals surface area contributed by atoms with Gasteiger partial charge in [0.2, 0.25) is 0 Å². The molecule has 106 valence electrons. The first-order chi connectivity index (χ1) is 10.0. The lowest BCUT2D eigenvalue weighted by molar-refractivity contribution is -0.385. The van der Waals surface area contributed by atoms with E-state index in [1.165, 1.54) is 0 Å². The molecule has 0 N–H and O–H groups in total. The second-order valence-electron chi connectivity index (χ2n) is 4.07. The summed E-state index contributed by atoms with van der Waals surface area (Å²) < 4.78 is 19.3. The maximum Gasteiger partial charge on any atom is 0.276 e. The van der Waals surface area contributed by atoms with Crippen molar-refractivity contribution in [3.63, 3.8) is 0 Å². The van der Waals surface area contributed by atoms with E-state index in [-0.39, 0.29) is 29.2 Å². The van der Waals surface area contributed by atoms with Gasteiger partial charge in [-0.1, -0.05) is 15.9 Å². The highest BCUT2D eigenvalue weighted by Crippen LogP contribution is 2.25. The van der Waals surface area contributed by atoms with Crippen LogP contribution < -0.4 is 4.74 Å². The number of hydrogen-bond acceptors (Lipinski definition) is 4. The fourth-order valence-electron chi connectivity index (χ4n) is 1.72. The van der Waals surface area contributed by atoms with Gasteiger partial charge < -0.3 is 4.74 Å². The number of nitro benzene ring substituents is 1. The van der Waals surface area contributed by atoms with E-state index in [9.17, 15) is 14.5 Å². The van der Waals surface area contributed by atoms with Crippen LogP contribution in [0.15, 0.2) is 40.9 Å². The summed E-state index contributed by atoms with van der Waals surface area (Å²) in [5.74, 6) is -0.310. The Balaban J connectivity index is 2.27. The fraction of sp³-hybridized carbons (Fsp3) is 0.0714. The maximum atomic E-state index is 13.2. The van der Waals surface area contributed by atoms with Crippen LogP contribution in [0, 0.1) is 27.3 Å². The van der Waals surface area contributed by atoms with Gasteiger partial charge in [-0.25, -0.2) is 4.39 Å². The second kappa shape index (κ2) is 6.33. The minimum Gasteiger partial charge on any atom is -0.487 e. The summed E-state index contributed by atoms with van der Waals surface area (Å²) >= 11 is 3.23. The number of rotatable bonds is 4. The molecule has 2 aromatic rings. The third-order valence-electron chi connectivity index (χ3n) is 2.68. The molecule has 0 atom stereocenters. The first kappa shape index (κ1) is 14.9. The molecule has 5 nitrogen and oxygen atoms in total. The summed E-state index contributed by atoms with van der Waals surface area (Å²) in [5.41, 5.74) is 0.155. The van der Waals surface area contributed by atoms with E-state index in [2.05, 4.69) is 15.9 Å². The van der Waals surface area contributed by atoms with Crippen LogP contribution in [0.1, 0.15) is 11.1 Å². The van der Waals surface area contributed by atoms with Crippen molar-refractivity contribution < 1.29 is 14.1 Å². The average molecular weight is 351 g/mol. The number of benzene rings is 2. The molecule has 0 fully saturated rings. The van der Waals surface area contributed by atoms with Crippen molar-refractivity contribution in [2.75, 3.05) is 0 Å². The largest absolute Gasteiger partial charge is 0.487 e. The SMILES string of the molecule is N#Cc1cc(Br)ccc1OCc1cc(F)ccc1[N+](=O)[O-]. The molecule has 21 heavy (non-hydrogen) atoms. The Morgan fingerprint density at radius 3 is 2.76 bits per heavy atom. The van der Waals surface area contributed by atoms with Crippen LogP contribution in [-0.4, -0.2) is 4.92 Å². The summed E-state index contributed by atoms with van der Waals surface area (Å²) in [7, 11) is 0. The van der Waals surface area contributed by atoms with Crippen molar-refractivity contribution in [1.82, 2.24) is 0 Å². The van der Waals surface area contributed by atoms with Crippen LogP contribution in [0.4, 0.5) is 10.1 Å². The van der Waals surface area contributed by atoms with Crippen molar-refractivity contribution >= 4 is 21.6 Å². The minimum absolute atomic E-state index is 0.104. The molecule has 0 aliphatic rings. The van der Waals surface area contributed by atoms with Crippen molar-refractivity contribution in [2.24, 2.45) is 0 Å². The third kappa shape index (κ3) is 3.55. The van der Waals surface area contributed by atoms with E-state index in [0.29, 0.717) is 4.47 Å². The Morgan fingerprint density at radius 2 is 2.10 bits per heavy atom. The molecule has 0 aliphatic heterocycles. The van der Waals surface area contributed by atoms with E-state index < -0.39 is 10.7 Å². The van der Waals surface area contributed by atoms with Crippen LogP contribution in [0.25, 0.3) is 0 Å². The van der Waals surface area contributed by atoms with Gasteiger partial charge in [0.15, 0.2) is 0 Å². The Kier molecular flexibility index (Phi) is 4.50. The van der Waals surface area contributed by atoms with Crippen LogP contribution in [0.2, 0.25) is 0 Å². The van der Waals surface area contributed by atoms with E-state index in [0.717, 1.165) is 18.2 Å². The zero-order chi connectivity index (χ0) is 15.4. The molecule has 0 spiro atoms. The molecule has 0 unspecified atom stereocenters. The molecular formula is C14H8BrFN2O3. The average Bonchev–Trinajstić information content (AvgIpc) is 2.45. The fourth-order valence-corrected chi connectivity index (χ4v) is 2.08. The monoisotopic (exact) mass is 350 g/mol. The second-order valence-corrected chi connectivity index (χ2v) is 4.99. The predicted octanol–water partition coefficient (Wildman–Crippen LogP) is 3.95. The summed E-state index contributed by atoms with van der Waals surface area (Å²) in [6, 6.07) is 9.91. The highest BCUT2D eigenvalue weighted by molar-refractivity contribution is 9.10. The van der Waals surface area contributed by atoms with Gasteiger partial charge >= 0.3 is 0 Å². The molecule has 0 saturated heterocycles. The van der Waals surface area contributed by atoms with Crippen LogP contribution >= 0.6 is 15.9 Å². The summed E-state index contributed by atoms with van der Waals surface area (Å²) in [4.78, 5) is 10.3. The molecule has 0 saturated carbocycles. The van der Waals surface area contributed by atoms with Gasteiger partial charge in [0.1, 0.15) is 24.2 Å². The highest BCUT2D eigenvalue weighted by Gasteiger charge is 2.15. The molecular weight excluding hydrogens is 343 g/mol. The molecule has 7 heteroatoms. The Morgan fingerprint density at radius 1 is 1.33 bits per heavy atom. The molecule has 0 radical (unpaired) electrons. The standard InChI is InChI=1S/C14H8BrFN2O3/c15-11-1-4-14(9(5-11)7-17)21-8-10-6-12(16)2-3-13(10)18(19)20/h1-6H,8H2. The van der Waals surface area contributed by atoms with E-state index in [1.54, 1.807) is 18.2 Å². The van der Waals surface area contributed by atoms with Gasteiger partial charge in [0.25, 0.3) is 5.69 Å². The van der Waals surface area contributed by atoms with Gasteiger partial charge in [-0.15, -0.1) is 0 Å². The van der Waals surface area contributed by atoms with Gasteiger partial charge in [0, 0.05) is 10.5 Å². The third-order valence-corrected chi connectivity index (χ3v) is 3.18. The number of hydrogen-bond donors (Lipinski definition) is 0. The Hall–Kier alpha value is -2.46. The van der Waals surface area contributed by atoms with E-state index >= 15 is 0 Å². The van der Waals surface area contributed by atoms with E-state index in [1.807, 2.05) is 6.07 Å². The predicted molar refractivity (Wildman–Crippen MR) is 76.2 cm³/mol. The number of ether oxygens (including phenoxy) is 1. The van der Waals surface area contributed by atoms with Gasteiger partial charge in [-0.05, 0) is 30.3 Å². The molecule has 0 heterocycles. The molecule has 0 bridgehead atoms. The zero-order valence-corrected chi connectivity index (χ0v) is 12.1. The molecule has 0 amide bonds. The van der Waals surface area contributed by atoms with Gasteiger partial charge in [-0.2, -0.15) is 5.26 Å². The molecule has 0 aromatic heterocycles. The molecule has 0 aliphatic carbocycles. The van der Waals surface area contributed by atoms with Gasteiger partial charge in [-0.3, -0.25) is 10.1 Å². The van der Waals surface area contributed by atoms with Crippen molar-refractivity contribution in [1.29, 1.82) is 5.26 Å². The number of halogens is 2. The topological polar surface area (TPSA) is 76.2 Å². The Labute approximate surface area is 127 Å². The quantitative estimate of drug-likeness (QED) is 0.617.